The van der Waals surface area contributed by atoms with Crippen LogP contribution in [0.1, 0.15) is 11.1 Å². The minimum absolute atomic E-state index is 0.0129. The van der Waals surface area contributed by atoms with Gasteiger partial charge in [-0.15, -0.1) is 0 Å². The average molecular weight is 493 g/mol. The van der Waals surface area contributed by atoms with Crippen molar-refractivity contribution in [3.63, 3.8) is 0 Å². The molecule has 31 heavy (non-hydrogen) atoms. The van der Waals surface area contributed by atoms with Gasteiger partial charge in [-0.2, -0.15) is 0 Å². The van der Waals surface area contributed by atoms with E-state index in [1.165, 1.54) is 11.8 Å². The molecule has 0 fully saturated rings. The van der Waals surface area contributed by atoms with Crippen molar-refractivity contribution in [1.29, 1.82) is 0 Å². The maximum atomic E-state index is 13.3. The SMILES string of the molecule is O=C(CN1C(=O)/C(=C\c2cccc(Br)c2)Sc2ccccc21)NCCc1ccccc1. The molecular formula is C25H21BrN2O2S. The number of nitrogens with one attached hydrogen (secondary N) is 1. The van der Waals surface area contributed by atoms with E-state index in [1.54, 1.807) is 4.90 Å². The molecule has 0 saturated heterocycles. The van der Waals surface area contributed by atoms with Crippen molar-refractivity contribution in [2.45, 2.75) is 11.3 Å². The molecule has 0 saturated carbocycles. The number of fused-ring (bicyclic) bond motifs is 1. The Labute approximate surface area is 194 Å². The second kappa shape index (κ2) is 9.98. The van der Waals surface area contributed by atoms with Gasteiger partial charge in [-0.05, 0) is 47.9 Å². The molecule has 0 spiro atoms. The number of benzene rings is 3. The van der Waals surface area contributed by atoms with Crippen LogP contribution < -0.4 is 10.2 Å². The molecular weight excluding hydrogens is 472 g/mol. The lowest BCUT2D eigenvalue weighted by molar-refractivity contribution is -0.122. The van der Waals surface area contributed by atoms with E-state index >= 15 is 0 Å². The van der Waals surface area contributed by atoms with E-state index in [9.17, 15) is 9.59 Å². The van der Waals surface area contributed by atoms with E-state index in [4.69, 9.17) is 0 Å². The van der Waals surface area contributed by atoms with Crippen molar-refractivity contribution in [2.75, 3.05) is 18.0 Å². The Morgan fingerprint density at radius 2 is 1.77 bits per heavy atom. The number of hydrogen-bond donors (Lipinski definition) is 1. The highest BCUT2D eigenvalue weighted by atomic mass is 79.9. The van der Waals surface area contributed by atoms with Gasteiger partial charge in [0, 0.05) is 15.9 Å². The van der Waals surface area contributed by atoms with E-state index in [0.29, 0.717) is 11.4 Å². The van der Waals surface area contributed by atoms with Crippen molar-refractivity contribution in [2.24, 2.45) is 0 Å². The first-order valence-electron chi connectivity index (χ1n) is 9.97. The third-order valence-corrected chi connectivity index (χ3v) is 6.43. The topological polar surface area (TPSA) is 49.4 Å². The number of carbonyl (C=O) groups excluding carboxylic acids is 2. The predicted molar refractivity (Wildman–Crippen MR) is 130 cm³/mol. The van der Waals surface area contributed by atoms with Gasteiger partial charge in [-0.1, -0.05) is 82.3 Å². The number of para-hydroxylation sites is 1. The highest BCUT2D eigenvalue weighted by Crippen LogP contribution is 2.41. The maximum Gasteiger partial charge on any atom is 0.265 e. The van der Waals surface area contributed by atoms with Crippen LogP contribution in [0.5, 0.6) is 0 Å². The molecule has 0 atom stereocenters. The molecule has 0 aliphatic carbocycles. The van der Waals surface area contributed by atoms with Gasteiger partial charge < -0.3 is 5.32 Å². The average Bonchev–Trinajstić information content (AvgIpc) is 2.77. The van der Waals surface area contributed by atoms with Gasteiger partial charge in [0.05, 0.1) is 10.6 Å². The van der Waals surface area contributed by atoms with Gasteiger partial charge in [0.1, 0.15) is 6.54 Å². The first kappa shape index (κ1) is 21.4. The summed E-state index contributed by atoms with van der Waals surface area (Å²) in [7, 11) is 0. The van der Waals surface area contributed by atoms with Crippen molar-refractivity contribution < 1.29 is 9.59 Å². The summed E-state index contributed by atoms with van der Waals surface area (Å²) >= 11 is 4.90. The first-order chi connectivity index (χ1) is 15.1. The number of amides is 2. The van der Waals surface area contributed by atoms with Gasteiger partial charge in [0.15, 0.2) is 0 Å². The minimum Gasteiger partial charge on any atom is -0.354 e. The standard InChI is InChI=1S/C25H21BrN2O2S/c26-20-10-6-9-19(15-20)16-23-25(30)28(21-11-4-5-12-22(21)31-23)17-24(29)27-14-13-18-7-2-1-3-8-18/h1-12,15-16H,13-14,17H2,(H,27,29)/b23-16+. The first-order valence-corrected chi connectivity index (χ1v) is 11.6. The molecule has 0 bridgehead atoms. The predicted octanol–water partition coefficient (Wildman–Crippen LogP) is 5.29. The van der Waals surface area contributed by atoms with Crippen LogP contribution in [0.2, 0.25) is 0 Å². The zero-order valence-electron chi connectivity index (χ0n) is 16.8. The van der Waals surface area contributed by atoms with Crippen LogP contribution >= 0.6 is 27.7 Å². The normalized spacial score (nSPS) is 14.4. The molecule has 0 radical (unpaired) electrons. The number of rotatable bonds is 6. The summed E-state index contributed by atoms with van der Waals surface area (Å²) in [6.07, 6.45) is 2.62. The van der Waals surface area contributed by atoms with Crippen molar-refractivity contribution in [3.8, 4) is 0 Å². The summed E-state index contributed by atoms with van der Waals surface area (Å²) in [5.41, 5.74) is 2.86. The van der Waals surface area contributed by atoms with E-state index in [0.717, 1.165) is 32.6 Å². The Morgan fingerprint density at radius 3 is 2.58 bits per heavy atom. The molecule has 1 N–H and O–H groups in total. The summed E-state index contributed by atoms with van der Waals surface area (Å²) in [6.45, 7) is 0.517. The summed E-state index contributed by atoms with van der Waals surface area (Å²) in [5.74, 6) is -0.338. The molecule has 156 valence electrons. The molecule has 0 unspecified atom stereocenters. The van der Waals surface area contributed by atoms with E-state index in [1.807, 2.05) is 84.9 Å². The van der Waals surface area contributed by atoms with Crippen LogP contribution in [0.4, 0.5) is 5.69 Å². The quantitative estimate of drug-likeness (QED) is 0.475. The number of hydrogen-bond acceptors (Lipinski definition) is 3. The van der Waals surface area contributed by atoms with Crippen LogP contribution in [0.15, 0.2) is 93.1 Å². The molecule has 4 nitrogen and oxygen atoms in total. The fourth-order valence-corrected chi connectivity index (χ4v) is 4.83. The fraction of sp³-hybridized carbons (Fsp3) is 0.120. The lowest BCUT2D eigenvalue weighted by Crippen LogP contribution is -2.43. The van der Waals surface area contributed by atoms with Crippen molar-refractivity contribution in [3.05, 3.63) is 99.4 Å². The fourth-order valence-electron chi connectivity index (χ4n) is 3.36. The number of halogens is 1. The monoisotopic (exact) mass is 492 g/mol. The Morgan fingerprint density at radius 1 is 1.00 bits per heavy atom. The Kier molecular flexibility index (Phi) is 6.89. The van der Waals surface area contributed by atoms with Crippen LogP contribution in [-0.2, 0) is 16.0 Å². The van der Waals surface area contributed by atoms with E-state index < -0.39 is 0 Å². The summed E-state index contributed by atoms with van der Waals surface area (Å²) in [4.78, 5) is 29.0. The molecule has 3 aromatic carbocycles. The van der Waals surface area contributed by atoms with Gasteiger partial charge in [-0.25, -0.2) is 0 Å². The second-order valence-corrected chi connectivity index (χ2v) is 9.11. The molecule has 2 amide bonds. The Bertz CT molecular complexity index is 1130. The van der Waals surface area contributed by atoms with E-state index in [2.05, 4.69) is 21.2 Å². The van der Waals surface area contributed by atoms with E-state index in [-0.39, 0.29) is 18.4 Å². The summed E-state index contributed by atoms with van der Waals surface area (Å²) < 4.78 is 0.949. The Balaban J connectivity index is 1.50. The third-order valence-electron chi connectivity index (χ3n) is 4.86. The molecule has 0 aromatic heterocycles. The van der Waals surface area contributed by atoms with Crippen molar-refractivity contribution in [1.82, 2.24) is 5.32 Å². The largest absolute Gasteiger partial charge is 0.354 e. The highest BCUT2D eigenvalue weighted by Gasteiger charge is 2.30. The van der Waals surface area contributed by atoms with Crippen LogP contribution in [-0.4, -0.2) is 24.9 Å². The zero-order valence-corrected chi connectivity index (χ0v) is 19.2. The van der Waals surface area contributed by atoms with Crippen LogP contribution in [0, 0.1) is 0 Å². The second-order valence-electron chi connectivity index (χ2n) is 7.11. The van der Waals surface area contributed by atoms with Crippen LogP contribution in [0.25, 0.3) is 6.08 Å². The lowest BCUT2D eigenvalue weighted by Gasteiger charge is -2.29. The van der Waals surface area contributed by atoms with Crippen LogP contribution in [0.3, 0.4) is 0 Å². The number of carbonyl (C=O) groups is 2. The molecule has 1 aliphatic heterocycles. The summed E-state index contributed by atoms with van der Waals surface area (Å²) in [5, 5.41) is 2.94. The van der Waals surface area contributed by atoms with Crippen molar-refractivity contribution >= 4 is 51.3 Å². The summed E-state index contributed by atoms with van der Waals surface area (Å²) in [6, 6.07) is 25.5. The molecule has 3 aromatic rings. The van der Waals surface area contributed by atoms with Gasteiger partial charge >= 0.3 is 0 Å². The number of thioether (sulfide) groups is 1. The Hall–Kier alpha value is -2.83. The van der Waals surface area contributed by atoms with Gasteiger partial charge in [-0.3, -0.25) is 14.5 Å². The molecule has 1 heterocycles. The minimum atomic E-state index is -0.173. The van der Waals surface area contributed by atoms with Gasteiger partial charge in [0.25, 0.3) is 5.91 Å². The number of nitrogens with zero attached hydrogens (tertiary/aromatic N) is 1. The third kappa shape index (κ3) is 5.46. The smallest absolute Gasteiger partial charge is 0.265 e. The maximum absolute atomic E-state index is 13.3. The van der Waals surface area contributed by atoms with Gasteiger partial charge in [0.2, 0.25) is 5.91 Å². The molecule has 1 aliphatic rings. The zero-order chi connectivity index (χ0) is 21.6. The molecule has 4 rings (SSSR count). The lowest BCUT2D eigenvalue weighted by atomic mass is 10.1. The highest BCUT2D eigenvalue weighted by molar-refractivity contribution is 9.10. The number of anilines is 1. The molecule has 6 heteroatoms.